The smallest absolute Gasteiger partial charge is 0.274 e. The number of benzene rings is 4. The number of aryl methyl sites for hydroxylation is 1. The molecule has 1 aromatic heterocycles. The minimum absolute atomic E-state index is 0.164. The summed E-state index contributed by atoms with van der Waals surface area (Å²) in [7, 11) is 0. The second kappa shape index (κ2) is 16.7. The van der Waals surface area contributed by atoms with Gasteiger partial charge in [-0.15, -0.1) is 0 Å². The molecule has 3 amide bonds. The maximum absolute atomic E-state index is 14.4. The number of carbonyl (C=O) groups is 3. The fourth-order valence-corrected chi connectivity index (χ4v) is 6.35. The fraction of sp³-hybridized carbons (Fsp3) is 0.286. The Balaban J connectivity index is 1.30. The highest BCUT2D eigenvalue weighted by Gasteiger charge is 2.31. The molecule has 10 nitrogen and oxygen atoms in total. The van der Waals surface area contributed by atoms with Crippen LogP contribution in [-0.4, -0.2) is 61.7 Å². The van der Waals surface area contributed by atoms with Crippen LogP contribution in [-0.2, 0) is 13.0 Å². The van der Waals surface area contributed by atoms with Gasteiger partial charge in [0, 0.05) is 43.0 Å². The molecular weight excluding hydrogens is 673 g/mol. The van der Waals surface area contributed by atoms with Gasteiger partial charge in [-0.25, -0.2) is 9.07 Å². The Morgan fingerprint density at radius 3 is 2.19 bits per heavy atom. The third-order valence-electron chi connectivity index (χ3n) is 9.32. The molecule has 11 heteroatoms. The maximum Gasteiger partial charge on any atom is 0.274 e. The number of aliphatic hydroxyl groups is 1. The molecule has 2 N–H and O–H groups in total. The summed E-state index contributed by atoms with van der Waals surface area (Å²) in [5.74, 6) is -0.473. The number of nitrogens with one attached hydrogen (secondary N) is 1. The Morgan fingerprint density at radius 2 is 1.53 bits per heavy atom. The number of ether oxygens (including phenoxy) is 1. The first-order valence-electron chi connectivity index (χ1n) is 18.1. The zero-order valence-corrected chi connectivity index (χ0v) is 30.2. The number of amides is 3. The van der Waals surface area contributed by atoms with Crippen molar-refractivity contribution in [1.82, 2.24) is 19.6 Å². The van der Waals surface area contributed by atoms with E-state index in [1.807, 2.05) is 36.1 Å². The van der Waals surface area contributed by atoms with Crippen molar-refractivity contribution < 1.29 is 28.6 Å². The Hall–Kier alpha value is -5.81. The van der Waals surface area contributed by atoms with Gasteiger partial charge in [-0.3, -0.25) is 14.4 Å². The van der Waals surface area contributed by atoms with Crippen molar-refractivity contribution in [2.45, 2.75) is 65.6 Å². The molecule has 1 atom stereocenters. The van der Waals surface area contributed by atoms with Crippen molar-refractivity contribution in [2.24, 2.45) is 0 Å². The number of nitrogens with zero attached hydrogens (tertiary/aromatic N) is 4. The van der Waals surface area contributed by atoms with Crippen molar-refractivity contribution in [1.29, 1.82) is 0 Å². The van der Waals surface area contributed by atoms with Crippen molar-refractivity contribution in [3.8, 4) is 17.2 Å². The summed E-state index contributed by atoms with van der Waals surface area (Å²) in [5.41, 5.74) is 4.15. The summed E-state index contributed by atoms with van der Waals surface area (Å²) in [6.45, 7) is 7.48. The zero-order chi connectivity index (χ0) is 37.5. The number of aliphatic hydroxyl groups excluding tert-OH is 1. The van der Waals surface area contributed by atoms with Crippen LogP contribution < -0.4 is 10.1 Å². The van der Waals surface area contributed by atoms with Gasteiger partial charge in [-0.2, -0.15) is 5.10 Å². The van der Waals surface area contributed by atoms with E-state index in [2.05, 4.69) is 19.2 Å². The zero-order valence-electron chi connectivity index (χ0n) is 30.2. The van der Waals surface area contributed by atoms with Gasteiger partial charge >= 0.3 is 0 Å². The molecule has 0 saturated heterocycles. The molecule has 6 rings (SSSR count). The number of hydrogen-bond acceptors (Lipinski definition) is 6. The van der Waals surface area contributed by atoms with E-state index in [0.717, 1.165) is 36.8 Å². The van der Waals surface area contributed by atoms with E-state index < -0.39 is 18.0 Å². The first-order chi connectivity index (χ1) is 25.6. The highest BCUT2D eigenvalue weighted by molar-refractivity contribution is 6.06. The highest BCUT2D eigenvalue weighted by Crippen LogP contribution is 2.29. The molecule has 274 valence electrons. The lowest BCUT2D eigenvalue weighted by Gasteiger charge is -2.34. The van der Waals surface area contributed by atoms with Crippen LogP contribution in [0.1, 0.15) is 87.6 Å². The molecule has 1 aliphatic heterocycles. The molecule has 0 bridgehead atoms. The van der Waals surface area contributed by atoms with E-state index in [1.54, 1.807) is 53.2 Å². The SMILES string of the molecule is CCCCN(CCCC)C(=O)c1cc(C)n(-c2ccc(NC(=O)c3ccc(Oc4ccc(F)cc4)cc3)cc2C(=O)N2Cc3ccccc3CC2O)n1. The molecule has 0 spiro atoms. The Kier molecular flexibility index (Phi) is 11.6. The second-order valence-electron chi connectivity index (χ2n) is 13.2. The number of aromatic nitrogens is 2. The van der Waals surface area contributed by atoms with Gasteiger partial charge in [0.2, 0.25) is 0 Å². The monoisotopic (exact) mass is 717 g/mol. The largest absolute Gasteiger partial charge is 0.457 e. The predicted octanol–water partition coefficient (Wildman–Crippen LogP) is 7.92. The van der Waals surface area contributed by atoms with Gasteiger partial charge < -0.3 is 25.0 Å². The third kappa shape index (κ3) is 8.64. The Bertz CT molecular complexity index is 2070. The van der Waals surface area contributed by atoms with Crippen LogP contribution in [0.15, 0.2) is 97.1 Å². The molecule has 0 radical (unpaired) electrons. The summed E-state index contributed by atoms with van der Waals surface area (Å²) in [6.07, 6.45) is 2.90. The van der Waals surface area contributed by atoms with E-state index in [0.29, 0.717) is 47.2 Å². The van der Waals surface area contributed by atoms with E-state index in [9.17, 15) is 23.9 Å². The van der Waals surface area contributed by atoms with Crippen LogP contribution >= 0.6 is 0 Å². The summed E-state index contributed by atoms with van der Waals surface area (Å²) in [5, 5.41) is 18.8. The van der Waals surface area contributed by atoms with Crippen LogP contribution in [0.25, 0.3) is 5.69 Å². The molecule has 0 fully saturated rings. The van der Waals surface area contributed by atoms with Crippen LogP contribution in [0.5, 0.6) is 11.5 Å². The van der Waals surface area contributed by atoms with Crippen LogP contribution in [0.4, 0.5) is 10.1 Å². The Morgan fingerprint density at radius 1 is 0.887 bits per heavy atom. The lowest BCUT2D eigenvalue weighted by atomic mass is 9.97. The summed E-state index contributed by atoms with van der Waals surface area (Å²) >= 11 is 0. The summed E-state index contributed by atoms with van der Waals surface area (Å²) in [6, 6.07) is 26.5. The van der Waals surface area contributed by atoms with E-state index >= 15 is 0 Å². The third-order valence-corrected chi connectivity index (χ3v) is 9.32. The van der Waals surface area contributed by atoms with E-state index in [-0.39, 0.29) is 35.9 Å². The first-order valence-corrected chi connectivity index (χ1v) is 18.1. The van der Waals surface area contributed by atoms with Crippen LogP contribution in [0.3, 0.4) is 0 Å². The molecular formula is C42H44FN5O5. The number of hydrogen-bond donors (Lipinski definition) is 2. The molecule has 1 unspecified atom stereocenters. The van der Waals surface area contributed by atoms with Gasteiger partial charge in [-0.05, 0) is 104 Å². The van der Waals surface area contributed by atoms with Gasteiger partial charge in [0.15, 0.2) is 5.69 Å². The highest BCUT2D eigenvalue weighted by atomic mass is 19.1. The Labute approximate surface area is 308 Å². The van der Waals surface area contributed by atoms with Gasteiger partial charge in [-0.1, -0.05) is 51.0 Å². The number of halogens is 1. The number of anilines is 1. The molecule has 1 aliphatic rings. The van der Waals surface area contributed by atoms with Crippen molar-refractivity contribution in [3.63, 3.8) is 0 Å². The van der Waals surface area contributed by atoms with Crippen LogP contribution in [0.2, 0.25) is 0 Å². The van der Waals surface area contributed by atoms with Crippen LogP contribution in [0, 0.1) is 12.7 Å². The lowest BCUT2D eigenvalue weighted by molar-refractivity contribution is -0.00173. The maximum atomic E-state index is 14.4. The van der Waals surface area contributed by atoms with Gasteiger partial charge in [0.25, 0.3) is 17.7 Å². The lowest BCUT2D eigenvalue weighted by Crippen LogP contribution is -2.44. The normalized spacial score (nSPS) is 13.7. The molecule has 0 aliphatic carbocycles. The average molecular weight is 718 g/mol. The molecule has 2 heterocycles. The molecule has 0 saturated carbocycles. The van der Waals surface area contributed by atoms with Crippen molar-refractivity contribution in [3.05, 3.63) is 137 Å². The number of rotatable bonds is 13. The minimum Gasteiger partial charge on any atom is -0.457 e. The molecule has 5 aromatic rings. The minimum atomic E-state index is -1.07. The van der Waals surface area contributed by atoms with E-state index in [1.165, 1.54) is 29.2 Å². The molecule has 53 heavy (non-hydrogen) atoms. The van der Waals surface area contributed by atoms with Crippen molar-refractivity contribution >= 4 is 23.4 Å². The number of carbonyl (C=O) groups excluding carboxylic acids is 3. The average Bonchev–Trinajstić information content (AvgIpc) is 3.56. The first kappa shape index (κ1) is 37.0. The van der Waals surface area contributed by atoms with Gasteiger partial charge in [0.1, 0.15) is 23.5 Å². The number of fused-ring (bicyclic) bond motifs is 1. The summed E-state index contributed by atoms with van der Waals surface area (Å²) in [4.78, 5) is 44.8. The second-order valence-corrected chi connectivity index (χ2v) is 13.2. The quantitative estimate of drug-likeness (QED) is 0.128. The molecule has 4 aromatic carbocycles. The number of unbranched alkanes of at least 4 members (excludes halogenated alkanes) is 2. The topological polar surface area (TPSA) is 117 Å². The van der Waals surface area contributed by atoms with E-state index in [4.69, 9.17) is 9.84 Å². The van der Waals surface area contributed by atoms with Gasteiger partial charge in [0.05, 0.1) is 11.3 Å². The standard InChI is InChI=1S/C42H44FN5O5/c1-4-6-22-46(23-7-5-2)42(52)37-24-28(3)48(45-37)38-21-16-33(26-36(38)41(51)47-27-31-11-9-8-10-30(31)25-39(47)49)44-40(50)29-12-17-34(18-13-29)53-35-19-14-32(43)15-20-35/h8-21,24,26,39,49H,4-7,22-23,25,27H2,1-3H3,(H,44,50). The van der Waals surface area contributed by atoms with Crippen molar-refractivity contribution in [2.75, 3.05) is 18.4 Å². The fourth-order valence-electron chi connectivity index (χ4n) is 6.35. The predicted molar refractivity (Wildman–Crippen MR) is 201 cm³/mol. The summed E-state index contributed by atoms with van der Waals surface area (Å²) < 4.78 is 20.6.